The molecule has 0 saturated heterocycles. The van der Waals surface area contributed by atoms with Crippen LogP contribution in [0.15, 0.2) is 0 Å². The standard InChI is InChI=1S/C19H39NO5S.Na/c1-3-5-7-8-9-10-11-12-13-14-19(22)20(15-6-4-2)16-18(21)17-26(23,24)25;/h18,21H,3-17H2,1-2H3,(H,23,24,25);/q;+1/p-1. The van der Waals surface area contributed by atoms with Crippen molar-refractivity contribution >= 4 is 16.0 Å². The molecule has 156 valence electrons. The average molecular weight is 416 g/mol. The zero-order valence-electron chi connectivity index (χ0n) is 17.6. The molecule has 0 aromatic rings. The van der Waals surface area contributed by atoms with Crippen LogP contribution in [0, 0.1) is 0 Å². The molecule has 1 atom stereocenters. The second-order valence-electron chi connectivity index (χ2n) is 7.15. The molecule has 0 aliphatic carbocycles. The van der Waals surface area contributed by atoms with Gasteiger partial charge in [0.2, 0.25) is 5.91 Å². The van der Waals surface area contributed by atoms with Crippen molar-refractivity contribution in [2.75, 3.05) is 18.8 Å². The molecule has 0 aromatic carbocycles. The van der Waals surface area contributed by atoms with Crippen LogP contribution in [-0.4, -0.2) is 53.8 Å². The minimum Gasteiger partial charge on any atom is -0.748 e. The van der Waals surface area contributed by atoms with Crippen LogP contribution >= 0.6 is 0 Å². The molecule has 8 heteroatoms. The molecular formula is C19H38NNaO5S. The van der Waals surface area contributed by atoms with Gasteiger partial charge < -0.3 is 14.6 Å². The van der Waals surface area contributed by atoms with Crippen LogP contribution in [0.5, 0.6) is 0 Å². The van der Waals surface area contributed by atoms with Crippen molar-refractivity contribution in [1.29, 1.82) is 0 Å². The Kier molecular flexibility index (Phi) is 20.1. The fourth-order valence-corrected chi connectivity index (χ4v) is 3.53. The Labute approximate surface area is 188 Å². The molecule has 0 aliphatic heterocycles. The Balaban J connectivity index is 0. The monoisotopic (exact) mass is 415 g/mol. The predicted molar refractivity (Wildman–Crippen MR) is 104 cm³/mol. The summed E-state index contributed by atoms with van der Waals surface area (Å²) in [6, 6.07) is 0. The minimum absolute atomic E-state index is 0. The van der Waals surface area contributed by atoms with Gasteiger partial charge in [-0.15, -0.1) is 0 Å². The molecule has 0 heterocycles. The fourth-order valence-electron chi connectivity index (χ4n) is 2.95. The van der Waals surface area contributed by atoms with Crippen LogP contribution in [-0.2, 0) is 14.9 Å². The van der Waals surface area contributed by atoms with Crippen molar-refractivity contribution in [3.8, 4) is 0 Å². The average Bonchev–Trinajstić information content (AvgIpc) is 2.55. The van der Waals surface area contributed by atoms with E-state index in [1.54, 1.807) is 0 Å². The van der Waals surface area contributed by atoms with Crippen molar-refractivity contribution in [1.82, 2.24) is 4.90 Å². The summed E-state index contributed by atoms with van der Waals surface area (Å²) in [5, 5.41) is 9.76. The molecule has 0 bridgehead atoms. The fraction of sp³-hybridized carbons (Fsp3) is 0.947. The number of amides is 1. The maximum absolute atomic E-state index is 12.3. The number of hydrogen-bond acceptors (Lipinski definition) is 5. The van der Waals surface area contributed by atoms with E-state index in [9.17, 15) is 22.9 Å². The van der Waals surface area contributed by atoms with Gasteiger partial charge in [0, 0.05) is 19.5 Å². The van der Waals surface area contributed by atoms with Gasteiger partial charge in [-0.3, -0.25) is 4.79 Å². The first kappa shape index (κ1) is 29.5. The number of aliphatic hydroxyl groups is 1. The van der Waals surface area contributed by atoms with Crippen LogP contribution in [0.25, 0.3) is 0 Å². The number of hydrogen-bond donors (Lipinski definition) is 1. The molecule has 0 saturated carbocycles. The summed E-state index contributed by atoms with van der Waals surface area (Å²) in [4.78, 5) is 13.8. The number of carbonyl (C=O) groups excluding carboxylic acids is 1. The quantitative estimate of drug-likeness (QED) is 0.211. The maximum atomic E-state index is 12.3. The summed E-state index contributed by atoms with van der Waals surface area (Å²) in [7, 11) is -4.49. The van der Waals surface area contributed by atoms with Gasteiger partial charge in [0.1, 0.15) is 0 Å². The van der Waals surface area contributed by atoms with E-state index in [1.165, 1.54) is 43.4 Å². The molecule has 0 fully saturated rings. The molecule has 1 unspecified atom stereocenters. The summed E-state index contributed by atoms with van der Waals surface area (Å²) >= 11 is 0. The van der Waals surface area contributed by atoms with Crippen molar-refractivity contribution in [3.05, 3.63) is 0 Å². The third kappa shape index (κ3) is 19.4. The molecular weight excluding hydrogens is 377 g/mol. The maximum Gasteiger partial charge on any atom is 1.00 e. The number of aliphatic hydroxyl groups excluding tert-OH is 1. The summed E-state index contributed by atoms with van der Waals surface area (Å²) in [5.74, 6) is -0.912. The Hall–Kier alpha value is 0.340. The summed E-state index contributed by atoms with van der Waals surface area (Å²) in [6.07, 6.45) is 11.4. The van der Waals surface area contributed by atoms with Crippen molar-refractivity contribution in [3.63, 3.8) is 0 Å². The number of nitrogens with zero attached hydrogens (tertiary/aromatic N) is 1. The van der Waals surface area contributed by atoms with Crippen LogP contribution in [0.3, 0.4) is 0 Å². The summed E-state index contributed by atoms with van der Waals surface area (Å²) in [6.45, 7) is 4.61. The van der Waals surface area contributed by atoms with Gasteiger partial charge in [0.05, 0.1) is 22.0 Å². The molecule has 0 spiro atoms. The van der Waals surface area contributed by atoms with Gasteiger partial charge in [-0.05, 0) is 12.8 Å². The van der Waals surface area contributed by atoms with E-state index < -0.39 is 22.0 Å². The first-order valence-electron chi connectivity index (χ1n) is 10.2. The van der Waals surface area contributed by atoms with Gasteiger partial charge in [0.15, 0.2) is 0 Å². The van der Waals surface area contributed by atoms with Crippen molar-refractivity contribution < 1.29 is 52.4 Å². The second kappa shape index (κ2) is 18.4. The predicted octanol–water partition coefficient (Wildman–Crippen LogP) is 0.446. The molecule has 1 N–H and O–H groups in total. The van der Waals surface area contributed by atoms with Crippen molar-refractivity contribution in [2.45, 2.75) is 97.0 Å². The number of unbranched alkanes of at least 4 members (excludes halogenated alkanes) is 9. The summed E-state index contributed by atoms with van der Waals surface area (Å²) < 4.78 is 32.2. The largest absolute Gasteiger partial charge is 1.00 e. The molecule has 0 aliphatic rings. The molecule has 0 aromatic heterocycles. The first-order chi connectivity index (χ1) is 12.3. The smallest absolute Gasteiger partial charge is 0.748 e. The Bertz CT molecular complexity index is 459. The zero-order valence-corrected chi connectivity index (χ0v) is 20.4. The van der Waals surface area contributed by atoms with E-state index >= 15 is 0 Å². The third-order valence-electron chi connectivity index (χ3n) is 4.46. The van der Waals surface area contributed by atoms with Gasteiger partial charge in [-0.1, -0.05) is 71.6 Å². The van der Waals surface area contributed by atoms with E-state index in [1.807, 2.05) is 6.92 Å². The van der Waals surface area contributed by atoms with Gasteiger partial charge in [-0.2, -0.15) is 0 Å². The third-order valence-corrected chi connectivity index (χ3v) is 5.25. The molecule has 27 heavy (non-hydrogen) atoms. The SMILES string of the molecule is CCCCCCCCCCCC(=O)N(CCCC)CC(O)CS(=O)(=O)[O-].[Na+]. The normalized spacial score (nSPS) is 12.4. The number of rotatable bonds is 17. The van der Waals surface area contributed by atoms with Gasteiger partial charge in [0.25, 0.3) is 0 Å². The van der Waals surface area contributed by atoms with Crippen molar-refractivity contribution in [2.24, 2.45) is 0 Å². The van der Waals surface area contributed by atoms with Crippen LogP contribution in [0.1, 0.15) is 90.9 Å². The van der Waals surface area contributed by atoms with Gasteiger partial charge in [-0.25, -0.2) is 8.42 Å². The topological polar surface area (TPSA) is 97.7 Å². The molecule has 0 rings (SSSR count). The van der Waals surface area contributed by atoms with Gasteiger partial charge >= 0.3 is 29.6 Å². The molecule has 1 amide bonds. The molecule has 0 radical (unpaired) electrons. The van der Waals surface area contributed by atoms with E-state index in [0.29, 0.717) is 13.0 Å². The zero-order chi connectivity index (χ0) is 19.8. The number of carbonyl (C=O) groups is 1. The van der Waals surface area contributed by atoms with Crippen LogP contribution < -0.4 is 29.6 Å². The molecule has 6 nitrogen and oxygen atoms in total. The minimum atomic E-state index is -4.49. The van der Waals surface area contributed by atoms with E-state index in [2.05, 4.69) is 6.92 Å². The Morgan fingerprint density at radius 1 is 0.926 bits per heavy atom. The van der Waals surface area contributed by atoms with Crippen LogP contribution in [0.2, 0.25) is 0 Å². The first-order valence-corrected chi connectivity index (χ1v) is 11.8. The van der Waals surface area contributed by atoms with Crippen LogP contribution in [0.4, 0.5) is 0 Å². The van der Waals surface area contributed by atoms with E-state index in [-0.39, 0.29) is 42.0 Å². The summed E-state index contributed by atoms with van der Waals surface area (Å²) in [5.41, 5.74) is 0. The second-order valence-corrected chi connectivity index (χ2v) is 8.60. The van der Waals surface area contributed by atoms with E-state index in [0.717, 1.165) is 32.1 Å². The van der Waals surface area contributed by atoms with E-state index in [4.69, 9.17) is 0 Å². The Morgan fingerprint density at radius 3 is 1.89 bits per heavy atom. The Morgan fingerprint density at radius 2 is 1.41 bits per heavy atom.